The molecule has 10 atom stereocenters. The highest BCUT2D eigenvalue weighted by atomic mass is 16.7. The maximum atomic E-state index is 11.0. The molecule has 2 fully saturated rings. The van der Waals surface area contributed by atoms with E-state index in [0.29, 0.717) is 0 Å². The summed E-state index contributed by atoms with van der Waals surface area (Å²) in [5, 5.41) is 76.1. The van der Waals surface area contributed by atoms with Crippen LogP contribution in [0.3, 0.4) is 0 Å². The molecule has 2 aliphatic rings. The van der Waals surface area contributed by atoms with E-state index >= 15 is 0 Å². The Hall–Kier alpha value is -1.42. The second-order valence-corrected chi connectivity index (χ2v) is 5.60. The van der Waals surface area contributed by atoms with Crippen molar-refractivity contribution in [2.24, 2.45) is 0 Å². The third kappa shape index (κ3) is 3.74. The Balaban J connectivity index is 2.14. The predicted molar refractivity (Wildman–Crippen MR) is 69.7 cm³/mol. The molecule has 0 aromatic heterocycles. The molecule has 2 rings (SSSR count). The minimum atomic E-state index is -2.08. The third-order valence-corrected chi connectivity index (χ3v) is 3.91. The minimum absolute atomic E-state index is 1.66. The zero-order chi connectivity index (χ0) is 19.0. The molecule has 144 valence electrons. The van der Waals surface area contributed by atoms with Gasteiger partial charge in [-0.3, -0.25) is 0 Å². The van der Waals surface area contributed by atoms with Gasteiger partial charge in [0.1, 0.15) is 36.6 Å². The number of carboxylic acid groups (broad SMARTS) is 2. The summed E-state index contributed by atoms with van der Waals surface area (Å²) in [5.74, 6) is -3.35. The van der Waals surface area contributed by atoms with E-state index in [0.717, 1.165) is 0 Å². The van der Waals surface area contributed by atoms with Gasteiger partial charge >= 0.3 is 11.9 Å². The number of rotatable bonds is 4. The molecule has 2 aliphatic heterocycles. The Labute approximate surface area is 139 Å². The van der Waals surface area contributed by atoms with Gasteiger partial charge in [0.05, 0.1) is 0 Å². The van der Waals surface area contributed by atoms with Gasteiger partial charge < -0.3 is 55.1 Å². The third-order valence-electron chi connectivity index (χ3n) is 3.91. The number of hydrogen-bond acceptors (Lipinski definition) is 11. The molecule has 2 saturated heterocycles. The molecule has 13 heteroatoms. The zero-order valence-electron chi connectivity index (χ0n) is 12.4. The number of aliphatic carboxylic acids is 2. The van der Waals surface area contributed by atoms with Crippen LogP contribution in [0.5, 0.6) is 0 Å². The lowest BCUT2D eigenvalue weighted by Gasteiger charge is -2.43. The van der Waals surface area contributed by atoms with Crippen molar-refractivity contribution in [3.63, 3.8) is 0 Å². The molecule has 0 radical (unpaired) electrons. The average Bonchev–Trinajstić information content (AvgIpc) is 2.53. The molecule has 2 heterocycles. The molecule has 0 saturated carbocycles. The van der Waals surface area contributed by atoms with Crippen molar-refractivity contribution in [1.82, 2.24) is 0 Å². The number of ether oxygens (including phenoxy) is 3. The second kappa shape index (κ2) is 7.45. The van der Waals surface area contributed by atoms with Crippen molar-refractivity contribution in [1.29, 1.82) is 0 Å². The fourth-order valence-electron chi connectivity index (χ4n) is 2.52. The lowest BCUT2D eigenvalue weighted by atomic mass is 9.97. The van der Waals surface area contributed by atoms with E-state index in [1.165, 1.54) is 0 Å². The van der Waals surface area contributed by atoms with E-state index in [4.69, 9.17) is 19.7 Å². The van der Waals surface area contributed by atoms with Gasteiger partial charge in [0.15, 0.2) is 24.8 Å². The van der Waals surface area contributed by atoms with Crippen LogP contribution in [0.25, 0.3) is 0 Å². The van der Waals surface area contributed by atoms with Crippen molar-refractivity contribution in [2.45, 2.75) is 61.4 Å². The molecule has 0 aromatic rings. The maximum Gasteiger partial charge on any atom is 0.335 e. The van der Waals surface area contributed by atoms with Crippen molar-refractivity contribution in [3.8, 4) is 0 Å². The number of carboxylic acids is 2. The summed E-state index contributed by atoms with van der Waals surface area (Å²) in [6.45, 7) is 0. The Morgan fingerprint density at radius 3 is 1.68 bits per heavy atom. The first-order valence-electron chi connectivity index (χ1n) is 7.06. The van der Waals surface area contributed by atoms with Crippen LogP contribution < -0.4 is 0 Å². The summed E-state index contributed by atoms with van der Waals surface area (Å²) in [6.07, 6.45) is -19.8. The molecule has 0 bridgehead atoms. The molecule has 25 heavy (non-hydrogen) atoms. The second-order valence-electron chi connectivity index (χ2n) is 5.60. The molecule has 8 N–H and O–H groups in total. The molecular weight excluding hydrogens is 352 g/mol. The normalized spacial score (nSPS) is 48.1. The van der Waals surface area contributed by atoms with Crippen molar-refractivity contribution in [2.75, 3.05) is 0 Å². The van der Waals surface area contributed by atoms with E-state index in [9.17, 15) is 40.2 Å². The topological polar surface area (TPSA) is 224 Å². The van der Waals surface area contributed by atoms with Crippen LogP contribution in [0.1, 0.15) is 0 Å². The monoisotopic (exact) mass is 370 g/mol. The van der Waals surface area contributed by atoms with Crippen molar-refractivity contribution in [3.05, 3.63) is 0 Å². The molecule has 0 aliphatic carbocycles. The Morgan fingerprint density at radius 2 is 1.16 bits per heavy atom. The first-order valence-corrected chi connectivity index (χ1v) is 7.06. The van der Waals surface area contributed by atoms with Gasteiger partial charge in [-0.25, -0.2) is 9.59 Å². The van der Waals surface area contributed by atoms with Crippen LogP contribution in [0, 0.1) is 0 Å². The zero-order valence-corrected chi connectivity index (χ0v) is 12.4. The highest BCUT2D eigenvalue weighted by Gasteiger charge is 2.52. The highest BCUT2D eigenvalue weighted by Crippen LogP contribution is 2.28. The Kier molecular flexibility index (Phi) is 5.93. The lowest BCUT2D eigenvalue weighted by Crippen LogP contribution is -2.65. The summed E-state index contributed by atoms with van der Waals surface area (Å²) in [4.78, 5) is 21.9. The quantitative estimate of drug-likeness (QED) is 0.232. The minimum Gasteiger partial charge on any atom is -0.479 e. The summed E-state index contributed by atoms with van der Waals surface area (Å²) in [7, 11) is 0. The molecular formula is C12H18O13. The van der Waals surface area contributed by atoms with Crippen LogP contribution in [-0.2, 0) is 23.8 Å². The maximum absolute atomic E-state index is 11.0. The summed E-state index contributed by atoms with van der Waals surface area (Å²) in [6, 6.07) is 0. The first-order chi connectivity index (χ1) is 11.6. The van der Waals surface area contributed by atoms with Gasteiger partial charge in [-0.2, -0.15) is 0 Å². The highest BCUT2D eigenvalue weighted by molar-refractivity contribution is 5.73. The van der Waals surface area contributed by atoms with Crippen molar-refractivity contribution < 1.29 is 64.7 Å². The Morgan fingerprint density at radius 1 is 0.680 bits per heavy atom. The number of aliphatic hydroxyl groups excluding tert-OH is 6. The molecule has 1 unspecified atom stereocenters. The fraction of sp³-hybridized carbons (Fsp3) is 0.833. The van der Waals surface area contributed by atoms with E-state index in [1.54, 1.807) is 0 Å². The van der Waals surface area contributed by atoms with Crippen LogP contribution in [0.2, 0.25) is 0 Å². The molecule has 0 spiro atoms. The largest absolute Gasteiger partial charge is 0.479 e. The van der Waals surface area contributed by atoms with E-state index < -0.39 is 73.4 Å². The van der Waals surface area contributed by atoms with E-state index in [-0.39, 0.29) is 0 Å². The summed E-state index contributed by atoms with van der Waals surface area (Å²) >= 11 is 0. The van der Waals surface area contributed by atoms with Crippen LogP contribution in [0.4, 0.5) is 0 Å². The van der Waals surface area contributed by atoms with Crippen molar-refractivity contribution >= 4 is 11.9 Å². The number of hydrogen-bond donors (Lipinski definition) is 8. The van der Waals surface area contributed by atoms with Gasteiger partial charge in [-0.1, -0.05) is 0 Å². The number of carbonyl (C=O) groups is 2. The standard InChI is InChI=1S/C12H18O13/c13-1-2(14)7(10(20)21)24-12(5(1)17)25-8-4(16)3(15)6(9(18)19)23-11(8)22/h1-8,11-17,22H,(H,18,19)(H,20,21)/t1-,2-,3-,4-,5+,6-,7-,8+,11?,12-/m0/s1. The fourth-order valence-corrected chi connectivity index (χ4v) is 2.52. The van der Waals surface area contributed by atoms with E-state index in [2.05, 4.69) is 4.74 Å². The molecule has 0 amide bonds. The first kappa shape index (κ1) is 19.9. The smallest absolute Gasteiger partial charge is 0.335 e. The average molecular weight is 370 g/mol. The summed E-state index contributed by atoms with van der Waals surface area (Å²) < 4.78 is 14.4. The SMILES string of the molecule is O=C(O)[C@H]1O[C@@H](O[C@H]2C(O)O[C@H](C(=O)O)[C@@H](O)[C@@H]2O)[C@H](O)[C@@H](O)[C@@H]1O. The van der Waals surface area contributed by atoms with E-state index in [1.807, 2.05) is 0 Å². The predicted octanol–water partition coefficient (Wildman–Crippen LogP) is -5.21. The molecule has 13 nitrogen and oxygen atoms in total. The van der Waals surface area contributed by atoms with Crippen LogP contribution in [0.15, 0.2) is 0 Å². The summed E-state index contributed by atoms with van der Waals surface area (Å²) in [5.41, 5.74) is 0. The Bertz CT molecular complexity index is 511. The van der Waals surface area contributed by atoms with Gasteiger partial charge in [-0.05, 0) is 0 Å². The van der Waals surface area contributed by atoms with Crippen LogP contribution >= 0.6 is 0 Å². The van der Waals surface area contributed by atoms with Gasteiger partial charge in [0.2, 0.25) is 0 Å². The lowest BCUT2D eigenvalue weighted by molar-refractivity contribution is -0.354. The molecule has 0 aromatic carbocycles. The number of aliphatic hydroxyl groups is 6. The van der Waals surface area contributed by atoms with Crippen LogP contribution in [-0.4, -0.2) is 114 Å². The van der Waals surface area contributed by atoms with Gasteiger partial charge in [0, 0.05) is 0 Å². The van der Waals surface area contributed by atoms with Gasteiger partial charge in [0.25, 0.3) is 0 Å². The van der Waals surface area contributed by atoms with Gasteiger partial charge in [-0.15, -0.1) is 0 Å².